The second kappa shape index (κ2) is 5.11. The van der Waals surface area contributed by atoms with E-state index in [-0.39, 0.29) is 24.4 Å². The molecular weight excluding hydrogens is 290 g/mol. The highest BCUT2D eigenvalue weighted by molar-refractivity contribution is 5.96. The molecule has 0 aliphatic carbocycles. The minimum atomic E-state index is -0.346. The van der Waals surface area contributed by atoms with Gasteiger partial charge >= 0.3 is 0 Å². The molecule has 5 heteroatoms. The Kier molecular flexibility index (Phi) is 3.18. The van der Waals surface area contributed by atoms with Gasteiger partial charge in [-0.05, 0) is 17.5 Å². The highest BCUT2D eigenvalue weighted by Crippen LogP contribution is 2.32. The predicted molar refractivity (Wildman–Crippen MR) is 87.8 cm³/mol. The van der Waals surface area contributed by atoms with Gasteiger partial charge in [0.1, 0.15) is 6.04 Å². The molecule has 4 rings (SSSR count). The van der Waals surface area contributed by atoms with Crippen LogP contribution in [0, 0.1) is 5.92 Å². The third kappa shape index (κ3) is 2.22. The van der Waals surface area contributed by atoms with E-state index in [0.29, 0.717) is 25.4 Å². The first-order valence-corrected chi connectivity index (χ1v) is 8.21. The number of aromatic nitrogens is 1. The van der Waals surface area contributed by atoms with E-state index in [0.717, 1.165) is 11.2 Å². The molecule has 5 nitrogen and oxygen atoms in total. The van der Waals surface area contributed by atoms with E-state index < -0.39 is 0 Å². The number of nitrogens with zero attached hydrogens (tertiary/aromatic N) is 2. The van der Waals surface area contributed by atoms with Crippen molar-refractivity contribution in [1.82, 2.24) is 14.8 Å². The molecule has 2 aliphatic heterocycles. The summed E-state index contributed by atoms with van der Waals surface area (Å²) in [6.07, 6.45) is 0.610. The fraction of sp³-hybridized carbons (Fsp3) is 0.444. The Hall–Kier alpha value is -2.30. The van der Waals surface area contributed by atoms with Crippen molar-refractivity contribution in [3.8, 4) is 0 Å². The van der Waals surface area contributed by atoms with Crippen molar-refractivity contribution in [3.63, 3.8) is 0 Å². The summed E-state index contributed by atoms with van der Waals surface area (Å²) in [7, 11) is 0. The number of amides is 2. The van der Waals surface area contributed by atoms with Crippen LogP contribution in [0.15, 0.2) is 24.3 Å². The molecule has 120 valence electrons. The van der Waals surface area contributed by atoms with Crippen molar-refractivity contribution >= 4 is 22.7 Å². The molecule has 1 N–H and O–H groups in total. The van der Waals surface area contributed by atoms with Crippen LogP contribution in [-0.2, 0) is 22.6 Å². The molecule has 0 spiro atoms. The van der Waals surface area contributed by atoms with Crippen LogP contribution in [0.25, 0.3) is 10.9 Å². The maximum absolute atomic E-state index is 12.8. The number of piperazine rings is 1. The minimum Gasteiger partial charge on any atom is -0.357 e. The van der Waals surface area contributed by atoms with E-state index in [2.05, 4.69) is 24.9 Å². The minimum absolute atomic E-state index is 0.0551. The third-order valence-corrected chi connectivity index (χ3v) is 4.83. The van der Waals surface area contributed by atoms with Crippen LogP contribution >= 0.6 is 0 Å². The van der Waals surface area contributed by atoms with Crippen molar-refractivity contribution in [2.24, 2.45) is 5.92 Å². The highest BCUT2D eigenvalue weighted by Gasteiger charge is 2.42. The molecule has 3 heterocycles. The van der Waals surface area contributed by atoms with Crippen LogP contribution in [0.1, 0.15) is 25.1 Å². The smallest absolute Gasteiger partial charge is 0.246 e. The fourth-order valence-corrected chi connectivity index (χ4v) is 3.83. The lowest BCUT2D eigenvalue weighted by Gasteiger charge is -2.43. The monoisotopic (exact) mass is 311 g/mol. The third-order valence-electron chi connectivity index (χ3n) is 4.83. The first-order valence-electron chi connectivity index (χ1n) is 8.21. The van der Waals surface area contributed by atoms with Gasteiger partial charge in [0.2, 0.25) is 11.8 Å². The Morgan fingerprint density at radius 2 is 2.00 bits per heavy atom. The zero-order valence-corrected chi connectivity index (χ0v) is 13.5. The summed E-state index contributed by atoms with van der Waals surface area (Å²) in [6, 6.07) is 7.80. The first-order chi connectivity index (χ1) is 11.0. The number of H-pyrrole nitrogens is 1. The van der Waals surface area contributed by atoms with Crippen molar-refractivity contribution in [3.05, 3.63) is 35.5 Å². The van der Waals surface area contributed by atoms with E-state index >= 15 is 0 Å². The summed E-state index contributed by atoms with van der Waals surface area (Å²) in [5.41, 5.74) is 3.34. The number of hydrogen-bond donors (Lipinski definition) is 1. The van der Waals surface area contributed by atoms with Crippen LogP contribution in [0.5, 0.6) is 0 Å². The molecule has 2 aliphatic rings. The van der Waals surface area contributed by atoms with Gasteiger partial charge in [-0.3, -0.25) is 9.59 Å². The molecule has 1 atom stereocenters. The molecule has 2 amide bonds. The van der Waals surface area contributed by atoms with Gasteiger partial charge in [-0.25, -0.2) is 0 Å². The number of fused-ring (bicyclic) bond motifs is 4. The van der Waals surface area contributed by atoms with E-state index in [1.807, 2.05) is 18.2 Å². The van der Waals surface area contributed by atoms with Crippen LogP contribution in [-0.4, -0.2) is 45.7 Å². The molecule has 0 radical (unpaired) electrons. The molecule has 1 aromatic carbocycles. The summed E-state index contributed by atoms with van der Waals surface area (Å²) in [5.74, 6) is 0.513. The number of rotatable bonds is 2. The van der Waals surface area contributed by atoms with Gasteiger partial charge in [0.05, 0.1) is 13.1 Å². The molecule has 0 unspecified atom stereocenters. The molecule has 0 bridgehead atoms. The van der Waals surface area contributed by atoms with Gasteiger partial charge < -0.3 is 14.8 Å². The summed E-state index contributed by atoms with van der Waals surface area (Å²) in [5, 5.41) is 1.17. The first kappa shape index (κ1) is 14.3. The highest BCUT2D eigenvalue weighted by atomic mass is 16.2. The number of aromatic amines is 1. The number of carbonyl (C=O) groups excluding carboxylic acids is 2. The zero-order valence-electron chi connectivity index (χ0n) is 13.5. The lowest BCUT2D eigenvalue weighted by Crippen LogP contribution is -2.61. The Bertz CT molecular complexity index is 793. The van der Waals surface area contributed by atoms with Gasteiger partial charge in [0.15, 0.2) is 0 Å². The lowest BCUT2D eigenvalue weighted by atomic mass is 9.93. The molecular formula is C18H21N3O2. The van der Waals surface area contributed by atoms with Crippen molar-refractivity contribution in [2.75, 3.05) is 13.1 Å². The van der Waals surface area contributed by atoms with Gasteiger partial charge in [0, 0.05) is 29.6 Å². The number of para-hydroxylation sites is 1. The molecule has 0 saturated carbocycles. The topological polar surface area (TPSA) is 56.4 Å². The van der Waals surface area contributed by atoms with Crippen LogP contribution in [0.4, 0.5) is 0 Å². The number of hydrogen-bond acceptors (Lipinski definition) is 2. The van der Waals surface area contributed by atoms with Gasteiger partial charge in [-0.1, -0.05) is 32.0 Å². The molecule has 1 saturated heterocycles. The average Bonchev–Trinajstić information content (AvgIpc) is 2.88. The van der Waals surface area contributed by atoms with Crippen LogP contribution in [0.2, 0.25) is 0 Å². The Balaban J connectivity index is 1.71. The van der Waals surface area contributed by atoms with Crippen molar-refractivity contribution < 1.29 is 9.59 Å². The normalized spacial score (nSPS) is 21.1. The fourth-order valence-electron chi connectivity index (χ4n) is 3.83. The summed E-state index contributed by atoms with van der Waals surface area (Å²) in [4.78, 5) is 32.2. The average molecular weight is 311 g/mol. The Morgan fingerprint density at radius 3 is 2.78 bits per heavy atom. The lowest BCUT2D eigenvalue weighted by molar-refractivity contribution is -0.157. The maximum Gasteiger partial charge on any atom is 0.246 e. The van der Waals surface area contributed by atoms with Gasteiger partial charge in [-0.15, -0.1) is 0 Å². The second-order valence-corrected chi connectivity index (χ2v) is 6.98. The van der Waals surface area contributed by atoms with Crippen molar-refractivity contribution in [1.29, 1.82) is 0 Å². The van der Waals surface area contributed by atoms with E-state index in [1.165, 1.54) is 10.9 Å². The summed E-state index contributed by atoms with van der Waals surface area (Å²) in [6.45, 7) is 5.51. The standard InChI is InChI=1S/C18H21N3O2/c1-11(2)8-20-10-17(22)21-9-15-13(7-16(21)18(20)23)12-5-3-4-6-14(12)19-15/h3-6,11,16,19H,7-10H2,1-2H3/t16-/m1/s1. The number of benzene rings is 1. The van der Waals surface area contributed by atoms with Crippen molar-refractivity contribution in [2.45, 2.75) is 32.9 Å². The summed E-state index contributed by atoms with van der Waals surface area (Å²) >= 11 is 0. The SMILES string of the molecule is CC(C)CN1CC(=O)N2Cc3[nH]c4ccccc4c3C[C@@H]2C1=O. The number of carbonyl (C=O) groups is 2. The summed E-state index contributed by atoms with van der Waals surface area (Å²) < 4.78 is 0. The second-order valence-electron chi connectivity index (χ2n) is 6.98. The van der Waals surface area contributed by atoms with Gasteiger partial charge in [-0.2, -0.15) is 0 Å². The van der Waals surface area contributed by atoms with E-state index in [9.17, 15) is 9.59 Å². The van der Waals surface area contributed by atoms with E-state index in [4.69, 9.17) is 0 Å². The molecule has 23 heavy (non-hydrogen) atoms. The largest absolute Gasteiger partial charge is 0.357 e. The predicted octanol–water partition coefficient (Wildman–Crippen LogP) is 1.92. The van der Waals surface area contributed by atoms with E-state index in [1.54, 1.807) is 9.80 Å². The maximum atomic E-state index is 12.8. The number of nitrogens with one attached hydrogen (secondary N) is 1. The Labute approximate surface area is 135 Å². The quantitative estimate of drug-likeness (QED) is 0.921. The molecule has 1 aromatic heterocycles. The zero-order chi connectivity index (χ0) is 16.1. The Morgan fingerprint density at radius 1 is 1.22 bits per heavy atom. The molecule has 2 aromatic rings. The van der Waals surface area contributed by atoms with Crippen LogP contribution in [0.3, 0.4) is 0 Å². The molecule has 1 fully saturated rings. The van der Waals surface area contributed by atoms with Gasteiger partial charge in [0.25, 0.3) is 0 Å². The van der Waals surface area contributed by atoms with Crippen LogP contribution < -0.4 is 0 Å².